The number of hydrogen-bond acceptors (Lipinski definition) is 3. The number of nitrogens with zero attached hydrogens (tertiary/aromatic N) is 1. The van der Waals surface area contributed by atoms with Crippen LogP contribution in [0.4, 0.5) is 0 Å². The molecule has 0 bridgehead atoms. The van der Waals surface area contributed by atoms with Crippen LogP contribution in [-0.4, -0.2) is 11.5 Å². The summed E-state index contributed by atoms with van der Waals surface area (Å²) in [5, 5.41) is 4.33. The van der Waals surface area contributed by atoms with E-state index in [0.29, 0.717) is 0 Å². The zero-order chi connectivity index (χ0) is 15.0. The first-order chi connectivity index (χ1) is 10.1. The van der Waals surface area contributed by atoms with E-state index in [1.165, 1.54) is 16.7 Å². The molecule has 108 valence electrons. The Morgan fingerprint density at radius 2 is 2.00 bits per heavy atom. The van der Waals surface area contributed by atoms with Gasteiger partial charge in [-0.1, -0.05) is 11.6 Å². The monoisotopic (exact) mass is 299 g/mol. The standard InChI is InChI=1S/C17H18ClN3/c1-10-7-12(18)8-11(2)16(10)17-13-3-5-20-9-14(13)15(19)4-6-21-17/h3-5,7-9,17,21H,6,19H2,1-2H3. The van der Waals surface area contributed by atoms with Crippen LogP contribution in [0.5, 0.6) is 0 Å². The first-order valence-electron chi connectivity index (χ1n) is 6.98. The van der Waals surface area contributed by atoms with Crippen LogP contribution in [0.1, 0.15) is 33.9 Å². The molecule has 21 heavy (non-hydrogen) atoms. The molecule has 4 heteroatoms. The fourth-order valence-corrected chi connectivity index (χ4v) is 3.37. The lowest BCUT2D eigenvalue weighted by molar-refractivity contribution is 0.649. The van der Waals surface area contributed by atoms with E-state index in [0.717, 1.165) is 28.4 Å². The van der Waals surface area contributed by atoms with Gasteiger partial charge in [0.15, 0.2) is 0 Å². The number of aromatic nitrogens is 1. The van der Waals surface area contributed by atoms with E-state index in [9.17, 15) is 0 Å². The minimum Gasteiger partial charge on any atom is -0.398 e. The molecule has 0 saturated heterocycles. The molecule has 0 spiro atoms. The van der Waals surface area contributed by atoms with E-state index < -0.39 is 0 Å². The molecule has 1 atom stereocenters. The molecule has 2 aromatic rings. The van der Waals surface area contributed by atoms with E-state index in [4.69, 9.17) is 17.3 Å². The summed E-state index contributed by atoms with van der Waals surface area (Å²) in [4.78, 5) is 4.21. The van der Waals surface area contributed by atoms with Crippen molar-refractivity contribution in [3.05, 3.63) is 69.5 Å². The van der Waals surface area contributed by atoms with Crippen molar-refractivity contribution in [1.82, 2.24) is 10.3 Å². The number of benzene rings is 1. The Hall–Kier alpha value is -1.84. The summed E-state index contributed by atoms with van der Waals surface area (Å²) in [6.45, 7) is 4.92. The van der Waals surface area contributed by atoms with Crippen LogP contribution in [-0.2, 0) is 0 Å². The average Bonchev–Trinajstić information content (AvgIpc) is 2.59. The number of nitrogens with two attached hydrogens (primary N) is 1. The molecule has 0 aliphatic carbocycles. The smallest absolute Gasteiger partial charge is 0.0592 e. The first kappa shape index (κ1) is 14.1. The van der Waals surface area contributed by atoms with Crippen molar-refractivity contribution in [3.63, 3.8) is 0 Å². The number of rotatable bonds is 1. The Balaban J connectivity index is 2.19. The molecular weight excluding hydrogens is 282 g/mol. The number of aryl methyl sites for hydroxylation is 2. The number of fused-ring (bicyclic) bond motifs is 1. The minimum atomic E-state index is 0.0950. The maximum Gasteiger partial charge on any atom is 0.0592 e. The third-order valence-corrected chi connectivity index (χ3v) is 4.19. The fourth-order valence-electron chi connectivity index (χ4n) is 3.04. The summed E-state index contributed by atoms with van der Waals surface area (Å²) in [5.41, 5.74) is 12.7. The molecule has 0 radical (unpaired) electrons. The van der Waals surface area contributed by atoms with E-state index in [2.05, 4.69) is 24.1 Å². The number of pyridine rings is 1. The number of halogens is 1. The predicted octanol–water partition coefficient (Wildman–Crippen LogP) is 3.34. The van der Waals surface area contributed by atoms with E-state index >= 15 is 0 Å². The van der Waals surface area contributed by atoms with Gasteiger partial charge in [-0.2, -0.15) is 0 Å². The maximum absolute atomic E-state index is 6.16. The normalized spacial score (nSPS) is 17.9. The second-order valence-corrected chi connectivity index (χ2v) is 5.85. The van der Waals surface area contributed by atoms with Gasteiger partial charge in [0.05, 0.1) is 6.04 Å². The predicted molar refractivity (Wildman–Crippen MR) is 87.2 cm³/mol. The molecule has 3 nitrogen and oxygen atoms in total. The van der Waals surface area contributed by atoms with Crippen molar-refractivity contribution in [2.75, 3.05) is 6.54 Å². The Kier molecular flexibility index (Phi) is 3.70. The van der Waals surface area contributed by atoms with Crippen LogP contribution in [0.15, 0.2) is 36.7 Å². The Morgan fingerprint density at radius 1 is 1.29 bits per heavy atom. The van der Waals surface area contributed by atoms with Crippen LogP contribution < -0.4 is 11.1 Å². The van der Waals surface area contributed by atoms with Gasteiger partial charge in [-0.3, -0.25) is 4.98 Å². The molecular formula is C17H18ClN3. The summed E-state index contributed by atoms with van der Waals surface area (Å²) in [7, 11) is 0. The van der Waals surface area contributed by atoms with Gasteiger partial charge >= 0.3 is 0 Å². The van der Waals surface area contributed by atoms with Gasteiger partial charge in [-0.25, -0.2) is 0 Å². The first-order valence-corrected chi connectivity index (χ1v) is 7.35. The summed E-state index contributed by atoms with van der Waals surface area (Å²) < 4.78 is 0. The topological polar surface area (TPSA) is 50.9 Å². The molecule has 3 rings (SSSR count). The highest BCUT2D eigenvalue weighted by molar-refractivity contribution is 6.30. The van der Waals surface area contributed by atoms with Gasteiger partial charge in [0.1, 0.15) is 0 Å². The molecule has 2 heterocycles. The van der Waals surface area contributed by atoms with E-state index in [-0.39, 0.29) is 6.04 Å². The highest BCUT2D eigenvalue weighted by Gasteiger charge is 2.23. The van der Waals surface area contributed by atoms with E-state index in [1.54, 1.807) is 0 Å². The second kappa shape index (κ2) is 5.51. The molecule has 1 aromatic carbocycles. The quantitative estimate of drug-likeness (QED) is 0.849. The molecule has 1 aromatic heterocycles. The van der Waals surface area contributed by atoms with Crippen LogP contribution in [0.25, 0.3) is 5.70 Å². The van der Waals surface area contributed by atoms with E-state index in [1.807, 2.05) is 36.7 Å². The highest BCUT2D eigenvalue weighted by atomic mass is 35.5. The summed E-state index contributed by atoms with van der Waals surface area (Å²) in [5.74, 6) is 0. The van der Waals surface area contributed by atoms with Crippen LogP contribution in [0.3, 0.4) is 0 Å². The SMILES string of the molecule is Cc1cc(Cl)cc(C)c1C1NCC=C(N)c2cnccc21. The Labute approximate surface area is 129 Å². The highest BCUT2D eigenvalue weighted by Crippen LogP contribution is 2.34. The van der Waals surface area contributed by atoms with Crippen LogP contribution in [0.2, 0.25) is 5.02 Å². The minimum absolute atomic E-state index is 0.0950. The van der Waals surface area contributed by atoms with Crippen molar-refractivity contribution in [1.29, 1.82) is 0 Å². The summed E-state index contributed by atoms with van der Waals surface area (Å²) in [6.07, 6.45) is 5.65. The van der Waals surface area contributed by atoms with Gasteiger partial charge in [0, 0.05) is 35.2 Å². The van der Waals surface area contributed by atoms with Gasteiger partial charge in [0.25, 0.3) is 0 Å². The fraction of sp³-hybridized carbons (Fsp3) is 0.235. The van der Waals surface area contributed by atoms with Gasteiger partial charge in [-0.05, 0) is 60.4 Å². The van der Waals surface area contributed by atoms with Crippen LogP contribution >= 0.6 is 11.6 Å². The molecule has 0 fully saturated rings. The third kappa shape index (κ3) is 2.55. The lowest BCUT2D eigenvalue weighted by atomic mass is 9.89. The van der Waals surface area contributed by atoms with Crippen molar-refractivity contribution >= 4 is 17.3 Å². The maximum atomic E-state index is 6.16. The molecule has 0 saturated carbocycles. The second-order valence-electron chi connectivity index (χ2n) is 5.42. The Morgan fingerprint density at radius 3 is 2.71 bits per heavy atom. The lowest BCUT2D eigenvalue weighted by Crippen LogP contribution is -2.23. The zero-order valence-corrected chi connectivity index (χ0v) is 12.9. The lowest BCUT2D eigenvalue weighted by Gasteiger charge is -2.23. The van der Waals surface area contributed by atoms with Crippen molar-refractivity contribution in [2.45, 2.75) is 19.9 Å². The van der Waals surface area contributed by atoms with Crippen molar-refractivity contribution < 1.29 is 0 Å². The summed E-state index contributed by atoms with van der Waals surface area (Å²) >= 11 is 6.16. The number of nitrogens with one attached hydrogen (secondary N) is 1. The van der Waals surface area contributed by atoms with Gasteiger partial charge in [-0.15, -0.1) is 0 Å². The zero-order valence-electron chi connectivity index (χ0n) is 12.2. The molecule has 3 N–H and O–H groups in total. The molecule has 1 unspecified atom stereocenters. The third-order valence-electron chi connectivity index (χ3n) is 3.97. The van der Waals surface area contributed by atoms with Crippen LogP contribution in [0, 0.1) is 13.8 Å². The summed E-state index contributed by atoms with van der Waals surface area (Å²) in [6, 6.07) is 6.15. The average molecular weight is 300 g/mol. The van der Waals surface area contributed by atoms with Gasteiger partial charge < -0.3 is 11.1 Å². The molecule has 0 amide bonds. The molecule has 1 aliphatic rings. The van der Waals surface area contributed by atoms with Crippen molar-refractivity contribution in [3.8, 4) is 0 Å². The Bertz CT molecular complexity index is 699. The molecule has 1 aliphatic heterocycles. The van der Waals surface area contributed by atoms with Gasteiger partial charge in [0.2, 0.25) is 0 Å². The largest absolute Gasteiger partial charge is 0.398 e. The number of hydrogen-bond donors (Lipinski definition) is 2. The van der Waals surface area contributed by atoms with Crippen molar-refractivity contribution in [2.24, 2.45) is 5.73 Å².